The van der Waals surface area contributed by atoms with Gasteiger partial charge in [-0.05, 0) is 37.8 Å². The van der Waals surface area contributed by atoms with Crippen LogP contribution in [0.15, 0.2) is 54.7 Å². The summed E-state index contributed by atoms with van der Waals surface area (Å²) in [5.41, 5.74) is 3.61. The van der Waals surface area contributed by atoms with Crippen LogP contribution in [0.4, 0.5) is 5.82 Å². The van der Waals surface area contributed by atoms with Gasteiger partial charge in [-0.1, -0.05) is 42.5 Å². The monoisotopic (exact) mass is 382 g/mol. The molecule has 0 amide bonds. The zero-order chi connectivity index (χ0) is 19.8. The first-order chi connectivity index (χ1) is 14.2. The maximum Gasteiger partial charge on any atom is 0.159 e. The van der Waals surface area contributed by atoms with Crippen molar-refractivity contribution in [2.45, 2.75) is 38.6 Å². The molecule has 4 aromatic rings. The van der Waals surface area contributed by atoms with Crippen molar-refractivity contribution in [1.82, 2.24) is 15.0 Å². The number of ketones is 1. The molecule has 2 aromatic carbocycles. The molecule has 2 aromatic heterocycles. The number of fused-ring (bicyclic) bond motifs is 3. The Bertz CT molecular complexity index is 1220. The summed E-state index contributed by atoms with van der Waals surface area (Å²) in [5.74, 6) is 1.65. The van der Waals surface area contributed by atoms with Crippen molar-refractivity contribution in [3.63, 3.8) is 0 Å². The topological polar surface area (TPSA) is 67.8 Å². The second-order valence-corrected chi connectivity index (χ2v) is 7.70. The first-order valence-corrected chi connectivity index (χ1v) is 10.1. The van der Waals surface area contributed by atoms with Gasteiger partial charge in [-0.15, -0.1) is 0 Å². The minimum Gasteiger partial charge on any atom is -0.366 e. The van der Waals surface area contributed by atoms with Gasteiger partial charge in [0, 0.05) is 35.0 Å². The number of pyridine rings is 1. The average molecular weight is 382 g/mol. The van der Waals surface area contributed by atoms with Crippen LogP contribution >= 0.6 is 0 Å². The smallest absolute Gasteiger partial charge is 0.159 e. The quantitative estimate of drug-likeness (QED) is 0.385. The molecule has 1 N–H and O–H groups in total. The summed E-state index contributed by atoms with van der Waals surface area (Å²) in [6.45, 7) is 1.58. The van der Waals surface area contributed by atoms with E-state index < -0.39 is 0 Å². The van der Waals surface area contributed by atoms with Gasteiger partial charge in [-0.2, -0.15) is 0 Å². The number of aromatic nitrogens is 3. The molecule has 0 saturated heterocycles. The lowest BCUT2D eigenvalue weighted by molar-refractivity contribution is 0.101. The number of rotatable bonds is 6. The van der Waals surface area contributed by atoms with Crippen LogP contribution in [-0.2, 0) is 12.8 Å². The second kappa shape index (κ2) is 7.24. The molecule has 5 rings (SSSR count). The van der Waals surface area contributed by atoms with E-state index in [0.717, 1.165) is 59.1 Å². The van der Waals surface area contributed by atoms with Crippen molar-refractivity contribution in [2.24, 2.45) is 0 Å². The van der Waals surface area contributed by atoms with Gasteiger partial charge >= 0.3 is 0 Å². The number of carbonyl (C=O) groups excluding carboxylic acids is 1. The molecule has 0 aliphatic heterocycles. The number of anilines is 1. The van der Waals surface area contributed by atoms with Crippen molar-refractivity contribution in [3.05, 3.63) is 71.7 Å². The molecule has 0 bridgehead atoms. The number of hydrogen-bond donors (Lipinski definition) is 1. The number of carbonyl (C=O) groups is 1. The summed E-state index contributed by atoms with van der Waals surface area (Å²) in [4.78, 5) is 26.1. The molecule has 0 spiro atoms. The SMILES string of the molecule is CC(=O)c1ccc2c(c1)nc(NC1CC1)c1nc(CCc3ccccc3)ncc12. The molecule has 1 aliphatic carbocycles. The van der Waals surface area contributed by atoms with E-state index in [4.69, 9.17) is 9.97 Å². The summed E-state index contributed by atoms with van der Waals surface area (Å²) >= 11 is 0. The number of hydrogen-bond acceptors (Lipinski definition) is 5. The molecule has 0 unspecified atom stereocenters. The maximum absolute atomic E-state index is 11.8. The van der Waals surface area contributed by atoms with Crippen molar-refractivity contribution in [2.75, 3.05) is 5.32 Å². The molecule has 1 saturated carbocycles. The summed E-state index contributed by atoms with van der Waals surface area (Å²) in [6.07, 6.45) is 5.89. The third-order valence-electron chi connectivity index (χ3n) is 5.39. The Kier molecular flexibility index (Phi) is 4.43. The lowest BCUT2D eigenvalue weighted by Gasteiger charge is -2.12. The highest BCUT2D eigenvalue weighted by Gasteiger charge is 2.23. The molecule has 144 valence electrons. The predicted molar refractivity (Wildman–Crippen MR) is 115 cm³/mol. The minimum absolute atomic E-state index is 0.0398. The Labute approximate surface area is 169 Å². The molecule has 1 fully saturated rings. The standard InChI is InChI=1S/C24H22N4O/c1-15(29)17-8-11-19-20-14-25-22(12-7-16-5-3-2-4-6-16)28-23(20)24(26-18-9-10-18)27-21(19)13-17/h2-6,8,11,13-14,18H,7,9-10,12H2,1H3,(H,26,27). The van der Waals surface area contributed by atoms with E-state index in [1.807, 2.05) is 30.5 Å². The molecule has 29 heavy (non-hydrogen) atoms. The molecule has 1 aliphatic rings. The summed E-state index contributed by atoms with van der Waals surface area (Å²) in [6, 6.07) is 16.5. The van der Waals surface area contributed by atoms with E-state index in [2.05, 4.69) is 34.6 Å². The van der Waals surface area contributed by atoms with E-state index in [1.165, 1.54) is 5.56 Å². The van der Waals surface area contributed by atoms with Crippen molar-refractivity contribution in [3.8, 4) is 0 Å². The Balaban J connectivity index is 1.58. The van der Waals surface area contributed by atoms with Gasteiger partial charge in [0.2, 0.25) is 0 Å². The van der Waals surface area contributed by atoms with E-state index >= 15 is 0 Å². The van der Waals surface area contributed by atoms with Gasteiger partial charge in [-0.3, -0.25) is 4.79 Å². The van der Waals surface area contributed by atoms with Crippen LogP contribution in [0, 0.1) is 0 Å². The second-order valence-electron chi connectivity index (χ2n) is 7.70. The van der Waals surface area contributed by atoms with Crippen LogP contribution in [0.1, 0.15) is 41.5 Å². The number of benzene rings is 2. The Morgan fingerprint density at radius 1 is 1.03 bits per heavy atom. The fraction of sp³-hybridized carbons (Fsp3) is 0.250. The lowest BCUT2D eigenvalue weighted by atomic mass is 10.1. The molecular formula is C24H22N4O. The van der Waals surface area contributed by atoms with Crippen LogP contribution in [-0.4, -0.2) is 26.8 Å². The summed E-state index contributed by atoms with van der Waals surface area (Å²) in [7, 11) is 0. The fourth-order valence-corrected chi connectivity index (χ4v) is 3.58. The molecule has 5 nitrogen and oxygen atoms in total. The van der Waals surface area contributed by atoms with E-state index in [0.29, 0.717) is 11.6 Å². The first-order valence-electron chi connectivity index (χ1n) is 10.1. The summed E-state index contributed by atoms with van der Waals surface area (Å²) < 4.78 is 0. The highest BCUT2D eigenvalue weighted by atomic mass is 16.1. The fourth-order valence-electron chi connectivity index (χ4n) is 3.58. The summed E-state index contributed by atoms with van der Waals surface area (Å²) in [5, 5.41) is 5.46. The highest BCUT2D eigenvalue weighted by molar-refractivity contribution is 6.10. The highest BCUT2D eigenvalue weighted by Crippen LogP contribution is 2.32. The third kappa shape index (κ3) is 3.68. The van der Waals surface area contributed by atoms with E-state index in [9.17, 15) is 4.79 Å². The van der Waals surface area contributed by atoms with Gasteiger partial charge in [0.05, 0.1) is 5.52 Å². The number of aryl methyl sites for hydroxylation is 2. The number of nitrogens with one attached hydrogen (secondary N) is 1. The lowest BCUT2D eigenvalue weighted by Crippen LogP contribution is -2.07. The molecule has 2 heterocycles. The van der Waals surface area contributed by atoms with Crippen LogP contribution in [0.25, 0.3) is 21.8 Å². The Hall–Kier alpha value is -3.34. The normalized spacial score (nSPS) is 13.7. The van der Waals surface area contributed by atoms with Gasteiger partial charge < -0.3 is 5.32 Å². The van der Waals surface area contributed by atoms with Crippen molar-refractivity contribution >= 4 is 33.4 Å². The average Bonchev–Trinajstić information content (AvgIpc) is 3.56. The number of Topliss-reactive ketones (excluding diaryl/α,β-unsaturated/α-hetero) is 1. The Morgan fingerprint density at radius 2 is 1.86 bits per heavy atom. The molecule has 0 atom stereocenters. The molecule has 0 radical (unpaired) electrons. The molecular weight excluding hydrogens is 360 g/mol. The zero-order valence-electron chi connectivity index (χ0n) is 16.4. The van der Waals surface area contributed by atoms with Crippen molar-refractivity contribution in [1.29, 1.82) is 0 Å². The predicted octanol–water partition coefficient (Wildman–Crippen LogP) is 4.74. The van der Waals surface area contributed by atoms with E-state index in [-0.39, 0.29) is 5.78 Å². The Morgan fingerprint density at radius 3 is 2.62 bits per heavy atom. The van der Waals surface area contributed by atoms with Crippen LogP contribution < -0.4 is 5.32 Å². The molecule has 5 heteroatoms. The van der Waals surface area contributed by atoms with Gasteiger partial charge in [0.25, 0.3) is 0 Å². The zero-order valence-corrected chi connectivity index (χ0v) is 16.4. The van der Waals surface area contributed by atoms with E-state index in [1.54, 1.807) is 6.92 Å². The van der Waals surface area contributed by atoms with Crippen LogP contribution in [0.2, 0.25) is 0 Å². The van der Waals surface area contributed by atoms with Crippen molar-refractivity contribution < 1.29 is 4.79 Å². The third-order valence-corrected chi connectivity index (χ3v) is 5.39. The maximum atomic E-state index is 11.8. The van der Waals surface area contributed by atoms with Gasteiger partial charge in [0.1, 0.15) is 11.3 Å². The van der Waals surface area contributed by atoms with Gasteiger partial charge in [-0.25, -0.2) is 15.0 Å². The first kappa shape index (κ1) is 17.7. The van der Waals surface area contributed by atoms with Gasteiger partial charge in [0.15, 0.2) is 11.6 Å². The largest absolute Gasteiger partial charge is 0.366 e. The van der Waals surface area contributed by atoms with Crippen LogP contribution in [0.3, 0.4) is 0 Å². The van der Waals surface area contributed by atoms with Crippen LogP contribution in [0.5, 0.6) is 0 Å². The number of nitrogens with zero attached hydrogens (tertiary/aromatic N) is 3. The minimum atomic E-state index is 0.0398.